The minimum atomic E-state index is -1.51. The summed E-state index contributed by atoms with van der Waals surface area (Å²) in [7, 11) is 0. The van der Waals surface area contributed by atoms with Crippen LogP contribution < -0.4 is 56.5 Å². The van der Waals surface area contributed by atoms with Gasteiger partial charge in [0.05, 0.1) is 6.26 Å². The third-order valence-corrected chi connectivity index (χ3v) is 1.33. The van der Waals surface area contributed by atoms with Crippen LogP contribution in [-0.2, 0) is 0 Å². The molecule has 7 heteroatoms. The van der Waals surface area contributed by atoms with Crippen LogP contribution in [0.3, 0.4) is 0 Å². The molecule has 14 heavy (non-hydrogen) atoms. The van der Waals surface area contributed by atoms with Gasteiger partial charge in [0.2, 0.25) is 0 Å². The van der Waals surface area contributed by atoms with Gasteiger partial charge in [0, 0.05) is 0 Å². The summed E-state index contributed by atoms with van der Waals surface area (Å²) in [5.74, 6) is -1.74. The molecule has 0 saturated heterocycles. The van der Waals surface area contributed by atoms with Crippen LogP contribution in [0.15, 0.2) is 27.2 Å². The molecule has 0 bridgehead atoms. The number of nitrogens with zero attached hydrogens (tertiary/aromatic N) is 2. The first-order chi connectivity index (χ1) is 6.27. The van der Waals surface area contributed by atoms with Gasteiger partial charge in [-0.25, -0.2) is 0 Å². The third-order valence-electron chi connectivity index (χ3n) is 1.33. The number of carbonyl (C=O) groups is 1. The van der Waals surface area contributed by atoms with Gasteiger partial charge in [-0.05, 0) is 12.1 Å². The van der Waals surface area contributed by atoms with E-state index in [1.165, 1.54) is 6.26 Å². The summed E-state index contributed by atoms with van der Waals surface area (Å²) < 4.78 is 9.61. The molecule has 2 rings (SSSR count). The summed E-state index contributed by atoms with van der Waals surface area (Å²) in [4.78, 5) is 10.2. The topological polar surface area (TPSA) is 92.2 Å². The fourth-order valence-electron chi connectivity index (χ4n) is 0.806. The second-order valence-corrected chi connectivity index (χ2v) is 2.18. The standard InChI is InChI=1S/C7H4N2O4.K/c10-7(11)6-9-8-5(13-6)4-2-1-3-12-4;/h1-3H,(H,10,11);/q;+1/p-1. The van der Waals surface area contributed by atoms with E-state index < -0.39 is 11.9 Å². The molecule has 0 amide bonds. The molecular weight excluding hydrogens is 215 g/mol. The summed E-state index contributed by atoms with van der Waals surface area (Å²) in [5.41, 5.74) is 0. The molecule has 0 radical (unpaired) electrons. The molecule has 0 aliphatic carbocycles. The molecule has 0 fully saturated rings. The van der Waals surface area contributed by atoms with Gasteiger partial charge in [-0.15, -0.1) is 10.2 Å². The maximum Gasteiger partial charge on any atom is 1.00 e. The Morgan fingerprint density at radius 1 is 1.43 bits per heavy atom. The third kappa shape index (κ3) is 2.31. The SMILES string of the molecule is O=C([O-])c1nnc(-c2ccco2)o1.[K+]. The fourth-order valence-corrected chi connectivity index (χ4v) is 0.806. The van der Waals surface area contributed by atoms with Crippen LogP contribution in [-0.4, -0.2) is 16.2 Å². The van der Waals surface area contributed by atoms with E-state index in [0.717, 1.165) is 0 Å². The predicted octanol–water partition coefficient (Wildman–Crippen LogP) is -3.30. The van der Waals surface area contributed by atoms with Crippen molar-refractivity contribution < 1.29 is 70.1 Å². The molecule has 6 nitrogen and oxygen atoms in total. The number of carboxylic acid groups (broad SMARTS) is 1. The molecule has 0 spiro atoms. The number of carbonyl (C=O) groups excluding carboxylic acids is 1. The Morgan fingerprint density at radius 3 is 2.71 bits per heavy atom. The summed E-state index contributed by atoms with van der Waals surface area (Å²) in [6.07, 6.45) is 1.41. The van der Waals surface area contributed by atoms with E-state index in [0.29, 0.717) is 5.76 Å². The van der Waals surface area contributed by atoms with Gasteiger partial charge in [-0.2, -0.15) is 0 Å². The van der Waals surface area contributed by atoms with Gasteiger partial charge in [0.25, 0.3) is 11.8 Å². The zero-order chi connectivity index (χ0) is 9.26. The number of furan rings is 1. The van der Waals surface area contributed by atoms with Crippen molar-refractivity contribution in [3.8, 4) is 11.7 Å². The van der Waals surface area contributed by atoms with E-state index in [2.05, 4.69) is 10.2 Å². The Morgan fingerprint density at radius 2 is 2.21 bits per heavy atom. The fraction of sp³-hybridized carbons (Fsp3) is 0. The van der Waals surface area contributed by atoms with E-state index >= 15 is 0 Å². The van der Waals surface area contributed by atoms with E-state index in [9.17, 15) is 9.90 Å². The molecule has 0 aliphatic heterocycles. The molecule has 0 atom stereocenters. The van der Waals surface area contributed by atoms with Crippen LogP contribution in [0, 0.1) is 0 Å². The molecule has 66 valence electrons. The number of hydrogen-bond acceptors (Lipinski definition) is 6. The number of rotatable bonds is 2. The first-order valence-corrected chi connectivity index (χ1v) is 3.36. The van der Waals surface area contributed by atoms with Gasteiger partial charge >= 0.3 is 51.4 Å². The van der Waals surface area contributed by atoms with Gasteiger partial charge in [0.1, 0.15) is 5.97 Å². The maximum atomic E-state index is 10.2. The van der Waals surface area contributed by atoms with Crippen molar-refractivity contribution in [1.82, 2.24) is 10.2 Å². The summed E-state index contributed by atoms with van der Waals surface area (Å²) in [5, 5.41) is 16.9. The van der Waals surface area contributed by atoms with E-state index in [1.807, 2.05) is 0 Å². The Kier molecular flexibility index (Phi) is 4.02. The normalized spacial score (nSPS) is 9.43. The summed E-state index contributed by atoms with van der Waals surface area (Å²) >= 11 is 0. The van der Waals surface area contributed by atoms with E-state index in [-0.39, 0.29) is 57.3 Å². The molecule has 0 unspecified atom stereocenters. The molecule has 0 saturated carbocycles. The van der Waals surface area contributed by atoms with Crippen molar-refractivity contribution in [2.45, 2.75) is 0 Å². The van der Waals surface area contributed by atoms with Crippen molar-refractivity contribution in [3.05, 3.63) is 24.3 Å². The Labute approximate surface area is 121 Å². The van der Waals surface area contributed by atoms with Crippen LogP contribution in [0.25, 0.3) is 11.7 Å². The van der Waals surface area contributed by atoms with Gasteiger partial charge in [0.15, 0.2) is 5.76 Å². The van der Waals surface area contributed by atoms with Gasteiger partial charge in [-0.3, -0.25) is 0 Å². The molecule has 2 aromatic heterocycles. The van der Waals surface area contributed by atoms with Gasteiger partial charge < -0.3 is 18.7 Å². The molecule has 0 N–H and O–H groups in total. The number of hydrogen-bond donors (Lipinski definition) is 0. The largest absolute Gasteiger partial charge is 1.00 e. The first kappa shape index (κ1) is 11.6. The van der Waals surface area contributed by atoms with Gasteiger partial charge in [-0.1, -0.05) is 0 Å². The molecule has 0 aromatic carbocycles. The number of aromatic carboxylic acids is 1. The second-order valence-electron chi connectivity index (χ2n) is 2.18. The monoisotopic (exact) mass is 218 g/mol. The van der Waals surface area contributed by atoms with Crippen molar-refractivity contribution in [3.63, 3.8) is 0 Å². The zero-order valence-electron chi connectivity index (χ0n) is 7.26. The second kappa shape index (κ2) is 4.85. The maximum absolute atomic E-state index is 10.2. The van der Waals surface area contributed by atoms with Crippen molar-refractivity contribution in [1.29, 1.82) is 0 Å². The van der Waals surface area contributed by atoms with E-state index in [1.54, 1.807) is 12.1 Å². The smallest absolute Gasteiger partial charge is 0.540 e. The Bertz CT molecular complexity index is 423. The van der Waals surface area contributed by atoms with Crippen molar-refractivity contribution >= 4 is 5.97 Å². The quantitative estimate of drug-likeness (QED) is 0.490. The van der Waals surface area contributed by atoms with Crippen molar-refractivity contribution in [2.24, 2.45) is 0 Å². The Balaban J connectivity index is 0.000000980. The number of aromatic nitrogens is 2. The molecular formula is C7H3KN2O4. The molecule has 0 aliphatic rings. The van der Waals surface area contributed by atoms with Crippen LogP contribution in [0.5, 0.6) is 0 Å². The van der Waals surface area contributed by atoms with Crippen LogP contribution >= 0.6 is 0 Å². The first-order valence-electron chi connectivity index (χ1n) is 3.36. The minimum absolute atomic E-state index is 0. The van der Waals surface area contributed by atoms with Crippen LogP contribution in [0.4, 0.5) is 0 Å². The summed E-state index contributed by atoms with van der Waals surface area (Å²) in [6, 6.07) is 3.20. The predicted molar refractivity (Wildman–Crippen MR) is 36.3 cm³/mol. The van der Waals surface area contributed by atoms with Crippen LogP contribution in [0.2, 0.25) is 0 Å². The summed E-state index contributed by atoms with van der Waals surface area (Å²) in [6.45, 7) is 0. The average Bonchev–Trinajstić information content (AvgIpc) is 2.75. The minimum Gasteiger partial charge on any atom is -0.540 e. The van der Waals surface area contributed by atoms with E-state index in [4.69, 9.17) is 8.83 Å². The zero-order valence-corrected chi connectivity index (χ0v) is 10.4. The number of carboxylic acids is 1. The average molecular weight is 218 g/mol. The molecule has 2 aromatic rings. The van der Waals surface area contributed by atoms with Crippen molar-refractivity contribution in [2.75, 3.05) is 0 Å². The Hall–Kier alpha value is -0.474. The molecule has 2 heterocycles. The van der Waals surface area contributed by atoms with Crippen LogP contribution in [0.1, 0.15) is 10.7 Å².